The SMILES string of the molecule is Oc1c(Br)c(-c2ccccc2)c(O)c(Br)c1-c1ccccc1. The van der Waals surface area contributed by atoms with Crippen molar-refractivity contribution >= 4 is 31.9 Å². The van der Waals surface area contributed by atoms with Crippen LogP contribution in [0.3, 0.4) is 0 Å². The van der Waals surface area contributed by atoms with Crippen molar-refractivity contribution in [3.63, 3.8) is 0 Å². The second-order valence-electron chi connectivity index (χ2n) is 4.81. The van der Waals surface area contributed by atoms with Gasteiger partial charge in [0.05, 0.1) is 8.95 Å². The van der Waals surface area contributed by atoms with Crippen LogP contribution < -0.4 is 0 Å². The highest BCUT2D eigenvalue weighted by atomic mass is 79.9. The molecule has 2 N–H and O–H groups in total. The highest BCUT2D eigenvalue weighted by Crippen LogP contribution is 2.52. The molecule has 3 aromatic carbocycles. The van der Waals surface area contributed by atoms with Crippen molar-refractivity contribution in [2.45, 2.75) is 0 Å². The van der Waals surface area contributed by atoms with Gasteiger partial charge in [-0.05, 0) is 43.0 Å². The average Bonchev–Trinajstić information content (AvgIpc) is 2.55. The molecule has 0 unspecified atom stereocenters. The van der Waals surface area contributed by atoms with Crippen LogP contribution in [0.4, 0.5) is 0 Å². The molecule has 3 aromatic rings. The summed E-state index contributed by atoms with van der Waals surface area (Å²) in [5.74, 6) is 0.185. The number of phenolic OH excluding ortho intramolecular Hbond substituents is 2. The molecule has 0 aliphatic rings. The van der Waals surface area contributed by atoms with Crippen LogP contribution in [0.1, 0.15) is 0 Å². The molecule has 0 saturated heterocycles. The second kappa shape index (κ2) is 6.15. The summed E-state index contributed by atoms with van der Waals surface area (Å²) in [6.07, 6.45) is 0. The molecule has 0 heterocycles. The molecule has 0 bridgehead atoms. The topological polar surface area (TPSA) is 40.5 Å². The van der Waals surface area contributed by atoms with E-state index < -0.39 is 0 Å². The van der Waals surface area contributed by atoms with Gasteiger partial charge in [0.2, 0.25) is 0 Å². The minimum Gasteiger partial charge on any atom is -0.506 e. The smallest absolute Gasteiger partial charge is 0.139 e. The monoisotopic (exact) mass is 418 g/mol. The van der Waals surface area contributed by atoms with Gasteiger partial charge in [-0.25, -0.2) is 0 Å². The Hall–Kier alpha value is -1.78. The zero-order chi connectivity index (χ0) is 15.7. The van der Waals surface area contributed by atoms with E-state index in [1.807, 2.05) is 60.7 Å². The molecule has 0 amide bonds. The molecular weight excluding hydrogens is 408 g/mol. The summed E-state index contributed by atoms with van der Waals surface area (Å²) in [5, 5.41) is 21.2. The molecule has 4 heteroatoms. The fourth-order valence-electron chi connectivity index (χ4n) is 2.40. The summed E-state index contributed by atoms with van der Waals surface area (Å²) in [6.45, 7) is 0. The first-order chi connectivity index (χ1) is 10.6. The zero-order valence-corrected chi connectivity index (χ0v) is 14.6. The van der Waals surface area contributed by atoms with Crippen molar-refractivity contribution in [2.75, 3.05) is 0 Å². The summed E-state index contributed by atoms with van der Waals surface area (Å²) in [5.41, 5.74) is 2.76. The quantitative estimate of drug-likeness (QED) is 0.503. The van der Waals surface area contributed by atoms with Gasteiger partial charge < -0.3 is 10.2 Å². The van der Waals surface area contributed by atoms with Crippen LogP contribution in [0.5, 0.6) is 11.5 Å². The number of benzene rings is 3. The maximum absolute atomic E-state index is 10.6. The van der Waals surface area contributed by atoms with Crippen molar-refractivity contribution in [3.8, 4) is 33.8 Å². The Morgan fingerprint density at radius 1 is 0.545 bits per heavy atom. The average molecular weight is 420 g/mol. The van der Waals surface area contributed by atoms with Crippen molar-refractivity contribution in [1.29, 1.82) is 0 Å². The summed E-state index contributed by atoms with van der Waals surface area (Å²) >= 11 is 6.84. The molecule has 2 nitrogen and oxygen atoms in total. The van der Waals surface area contributed by atoms with Gasteiger partial charge in [0, 0.05) is 11.1 Å². The van der Waals surface area contributed by atoms with Gasteiger partial charge in [0.1, 0.15) is 11.5 Å². The molecule has 3 rings (SSSR count). The van der Waals surface area contributed by atoms with Gasteiger partial charge in [-0.3, -0.25) is 0 Å². The standard InChI is InChI=1S/C18H12Br2O2/c19-15-13(11-7-3-1-4-8-11)17(21)16(20)14(18(15)22)12-9-5-2-6-10-12/h1-10,21-22H. The van der Waals surface area contributed by atoms with Gasteiger partial charge in [-0.15, -0.1) is 0 Å². The molecule has 0 spiro atoms. The van der Waals surface area contributed by atoms with E-state index in [1.54, 1.807) is 0 Å². The molecule has 0 saturated carbocycles. The highest BCUT2D eigenvalue weighted by Gasteiger charge is 2.22. The van der Waals surface area contributed by atoms with Crippen LogP contribution in [0, 0.1) is 0 Å². The van der Waals surface area contributed by atoms with E-state index in [-0.39, 0.29) is 11.5 Å². The largest absolute Gasteiger partial charge is 0.506 e. The molecule has 0 atom stereocenters. The summed E-state index contributed by atoms with van der Waals surface area (Å²) < 4.78 is 0.941. The minimum atomic E-state index is 0.0923. The van der Waals surface area contributed by atoms with Crippen LogP contribution in [0.2, 0.25) is 0 Å². The lowest BCUT2D eigenvalue weighted by atomic mass is 9.98. The molecule has 0 fully saturated rings. The molecule has 0 aliphatic carbocycles. The number of rotatable bonds is 2. The lowest BCUT2D eigenvalue weighted by Gasteiger charge is -2.16. The highest BCUT2D eigenvalue weighted by molar-refractivity contribution is 9.11. The Morgan fingerprint density at radius 3 is 1.18 bits per heavy atom. The maximum atomic E-state index is 10.6. The number of aromatic hydroxyl groups is 2. The predicted molar refractivity (Wildman–Crippen MR) is 96.0 cm³/mol. The third-order valence-corrected chi connectivity index (χ3v) is 5.00. The third kappa shape index (κ3) is 2.53. The van der Waals surface area contributed by atoms with E-state index in [9.17, 15) is 10.2 Å². The molecule has 22 heavy (non-hydrogen) atoms. The fraction of sp³-hybridized carbons (Fsp3) is 0. The van der Waals surface area contributed by atoms with Gasteiger partial charge in [-0.2, -0.15) is 0 Å². The normalized spacial score (nSPS) is 10.6. The van der Waals surface area contributed by atoms with Crippen molar-refractivity contribution in [2.24, 2.45) is 0 Å². The first kappa shape index (κ1) is 15.1. The van der Waals surface area contributed by atoms with E-state index >= 15 is 0 Å². The maximum Gasteiger partial charge on any atom is 0.139 e. The molecule has 0 radical (unpaired) electrons. The van der Waals surface area contributed by atoms with Gasteiger partial charge in [0.25, 0.3) is 0 Å². The first-order valence-electron chi connectivity index (χ1n) is 6.65. The second-order valence-corrected chi connectivity index (χ2v) is 6.39. The Kier molecular flexibility index (Phi) is 4.23. The fourth-order valence-corrected chi connectivity index (χ4v) is 3.63. The van der Waals surface area contributed by atoms with Crippen LogP contribution in [-0.4, -0.2) is 10.2 Å². The van der Waals surface area contributed by atoms with E-state index in [2.05, 4.69) is 31.9 Å². The van der Waals surface area contributed by atoms with Crippen molar-refractivity contribution in [3.05, 3.63) is 69.6 Å². The van der Waals surface area contributed by atoms with E-state index in [4.69, 9.17) is 0 Å². The number of phenols is 2. The number of halogens is 2. The third-order valence-electron chi connectivity index (χ3n) is 3.45. The lowest BCUT2D eigenvalue weighted by molar-refractivity contribution is 0.458. The lowest BCUT2D eigenvalue weighted by Crippen LogP contribution is -1.89. The molecule has 0 aromatic heterocycles. The van der Waals surface area contributed by atoms with E-state index in [0.717, 1.165) is 11.1 Å². The van der Waals surface area contributed by atoms with Gasteiger partial charge in [0.15, 0.2) is 0 Å². The number of hydrogen-bond acceptors (Lipinski definition) is 2. The van der Waals surface area contributed by atoms with Crippen LogP contribution >= 0.6 is 31.9 Å². The van der Waals surface area contributed by atoms with Gasteiger partial charge in [-0.1, -0.05) is 60.7 Å². The minimum absolute atomic E-state index is 0.0923. The van der Waals surface area contributed by atoms with Crippen molar-refractivity contribution < 1.29 is 10.2 Å². The Labute approximate surface area is 145 Å². The molecule has 110 valence electrons. The van der Waals surface area contributed by atoms with Crippen LogP contribution in [0.25, 0.3) is 22.3 Å². The molecular formula is C18H12Br2O2. The Morgan fingerprint density at radius 2 is 0.864 bits per heavy atom. The first-order valence-corrected chi connectivity index (χ1v) is 8.23. The van der Waals surface area contributed by atoms with E-state index in [0.29, 0.717) is 20.1 Å². The van der Waals surface area contributed by atoms with Crippen LogP contribution in [0.15, 0.2) is 69.6 Å². The Balaban J connectivity index is 2.31. The predicted octanol–water partition coefficient (Wildman–Crippen LogP) is 5.96. The van der Waals surface area contributed by atoms with E-state index in [1.165, 1.54) is 0 Å². The summed E-state index contributed by atoms with van der Waals surface area (Å²) in [4.78, 5) is 0. The summed E-state index contributed by atoms with van der Waals surface area (Å²) in [6, 6.07) is 18.9. The molecule has 0 aliphatic heterocycles. The number of hydrogen-bond donors (Lipinski definition) is 2. The van der Waals surface area contributed by atoms with Crippen molar-refractivity contribution in [1.82, 2.24) is 0 Å². The zero-order valence-electron chi connectivity index (χ0n) is 11.4. The Bertz CT molecular complexity index is 716. The van der Waals surface area contributed by atoms with Crippen LogP contribution in [-0.2, 0) is 0 Å². The summed E-state index contributed by atoms with van der Waals surface area (Å²) in [7, 11) is 0. The van der Waals surface area contributed by atoms with Gasteiger partial charge >= 0.3 is 0 Å².